The Labute approximate surface area is 128 Å². The molecule has 2 N–H and O–H groups in total. The van der Waals surface area contributed by atoms with Gasteiger partial charge in [-0.3, -0.25) is 10.1 Å². The van der Waals surface area contributed by atoms with Crippen LogP contribution in [0.3, 0.4) is 0 Å². The number of urea groups is 1. The molecule has 0 spiro atoms. The summed E-state index contributed by atoms with van der Waals surface area (Å²) in [6, 6.07) is -0.261. The van der Waals surface area contributed by atoms with Gasteiger partial charge >= 0.3 is 12.0 Å². The minimum absolute atomic E-state index is 0.232. The van der Waals surface area contributed by atoms with Gasteiger partial charge in [0.25, 0.3) is 0 Å². The Kier molecular flexibility index (Phi) is 8.34. The Morgan fingerprint density at radius 1 is 1.24 bits per heavy atom. The lowest BCUT2D eigenvalue weighted by atomic mass is 10.2. The van der Waals surface area contributed by atoms with Crippen LogP contribution in [0.15, 0.2) is 0 Å². The van der Waals surface area contributed by atoms with Crippen LogP contribution in [0, 0.1) is 0 Å². The first-order valence-electron chi connectivity index (χ1n) is 7.09. The summed E-state index contributed by atoms with van der Waals surface area (Å²) in [6.45, 7) is 2.77. The van der Waals surface area contributed by atoms with Crippen molar-refractivity contribution < 1.29 is 14.3 Å². The number of unbranched alkanes of at least 4 members (excludes halogenated alkanes) is 2. The first-order chi connectivity index (χ1) is 10.2. The number of hydrogen-bond acceptors (Lipinski definition) is 6. The average molecular weight is 314 g/mol. The van der Waals surface area contributed by atoms with Crippen LogP contribution in [-0.4, -0.2) is 35.9 Å². The van der Waals surface area contributed by atoms with Crippen molar-refractivity contribution in [1.29, 1.82) is 0 Å². The van der Waals surface area contributed by atoms with Gasteiger partial charge in [-0.1, -0.05) is 31.1 Å². The highest BCUT2D eigenvalue weighted by Gasteiger charge is 2.08. The van der Waals surface area contributed by atoms with E-state index in [4.69, 9.17) is 0 Å². The molecule has 0 fully saturated rings. The number of carbonyl (C=O) groups excluding carboxylic acids is 2. The molecule has 0 radical (unpaired) electrons. The van der Waals surface area contributed by atoms with Crippen LogP contribution >= 0.6 is 11.3 Å². The van der Waals surface area contributed by atoms with Crippen molar-refractivity contribution in [2.75, 3.05) is 19.0 Å². The van der Waals surface area contributed by atoms with Crippen molar-refractivity contribution in [3.8, 4) is 0 Å². The molecule has 0 saturated heterocycles. The zero-order chi connectivity index (χ0) is 15.5. The second-order valence-electron chi connectivity index (χ2n) is 4.52. The van der Waals surface area contributed by atoms with Crippen LogP contribution in [0.2, 0.25) is 0 Å². The maximum atomic E-state index is 11.6. The van der Waals surface area contributed by atoms with Crippen LogP contribution < -0.4 is 10.6 Å². The van der Waals surface area contributed by atoms with Gasteiger partial charge in [0.15, 0.2) is 0 Å². The summed E-state index contributed by atoms with van der Waals surface area (Å²) in [4.78, 5) is 22.6. The first-order valence-corrected chi connectivity index (χ1v) is 7.91. The van der Waals surface area contributed by atoms with E-state index in [1.165, 1.54) is 18.4 Å². The maximum Gasteiger partial charge on any atom is 0.321 e. The summed E-state index contributed by atoms with van der Waals surface area (Å²) >= 11 is 1.32. The molecule has 0 aliphatic carbocycles. The third-order valence-electron chi connectivity index (χ3n) is 2.75. The van der Waals surface area contributed by atoms with Crippen molar-refractivity contribution in [2.45, 2.75) is 45.4 Å². The van der Waals surface area contributed by atoms with Crippen LogP contribution in [0.5, 0.6) is 0 Å². The van der Waals surface area contributed by atoms with Crippen LogP contribution in [0.1, 0.15) is 44.0 Å². The minimum Gasteiger partial charge on any atom is -0.469 e. The fourth-order valence-corrected chi connectivity index (χ4v) is 2.39. The molecule has 118 valence electrons. The second kappa shape index (κ2) is 10.1. The Hall–Kier alpha value is -1.70. The largest absolute Gasteiger partial charge is 0.469 e. The molecule has 1 heterocycles. The second-order valence-corrected chi connectivity index (χ2v) is 5.58. The lowest BCUT2D eigenvalue weighted by Gasteiger charge is -2.03. The first kappa shape index (κ1) is 17.4. The number of aryl methyl sites for hydroxylation is 1. The Balaban J connectivity index is 2.24. The lowest BCUT2D eigenvalue weighted by Crippen LogP contribution is -2.29. The van der Waals surface area contributed by atoms with E-state index in [1.54, 1.807) is 0 Å². The molecule has 0 atom stereocenters. The zero-order valence-corrected chi connectivity index (χ0v) is 13.3. The van der Waals surface area contributed by atoms with E-state index in [1.807, 2.05) is 0 Å². The molecule has 0 aliphatic heterocycles. The van der Waals surface area contributed by atoms with Crippen molar-refractivity contribution in [2.24, 2.45) is 0 Å². The van der Waals surface area contributed by atoms with Gasteiger partial charge in [0.2, 0.25) is 5.13 Å². The minimum atomic E-state index is -0.261. The summed E-state index contributed by atoms with van der Waals surface area (Å²) in [5, 5.41) is 14.6. The van der Waals surface area contributed by atoms with Crippen LogP contribution in [0.4, 0.5) is 9.93 Å². The maximum absolute atomic E-state index is 11.6. The third-order valence-corrected chi connectivity index (χ3v) is 3.65. The predicted octanol–water partition coefficient (Wildman–Crippen LogP) is 2.35. The highest BCUT2D eigenvalue weighted by atomic mass is 32.1. The monoisotopic (exact) mass is 314 g/mol. The standard InChI is InChI=1S/C13H22N4O3S/c1-3-4-5-9-14-12(19)15-13-17-16-10(21-13)7-6-8-11(18)20-2/h3-9H2,1-2H3,(H2,14,15,17,19). The molecule has 7 nitrogen and oxygen atoms in total. The molecule has 0 bridgehead atoms. The van der Waals surface area contributed by atoms with E-state index in [0.29, 0.717) is 30.9 Å². The smallest absolute Gasteiger partial charge is 0.321 e. The van der Waals surface area contributed by atoms with Crippen molar-refractivity contribution in [3.63, 3.8) is 0 Å². The van der Waals surface area contributed by atoms with E-state index < -0.39 is 0 Å². The van der Waals surface area contributed by atoms with Crippen molar-refractivity contribution in [3.05, 3.63) is 5.01 Å². The highest BCUT2D eigenvalue weighted by Crippen LogP contribution is 2.17. The quantitative estimate of drug-likeness (QED) is 0.539. The SMILES string of the molecule is CCCCCNC(=O)Nc1nnc(CCCC(=O)OC)s1. The molecule has 0 saturated carbocycles. The van der Waals surface area contributed by atoms with Gasteiger partial charge in [-0.2, -0.15) is 0 Å². The Morgan fingerprint density at radius 2 is 2.05 bits per heavy atom. The number of carbonyl (C=O) groups is 2. The molecule has 8 heteroatoms. The number of nitrogens with zero attached hydrogens (tertiary/aromatic N) is 2. The molecule has 21 heavy (non-hydrogen) atoms. The number of ether oxygens (including phenoxy) is 1. The number of amides is 2. The Morgan fingerprint density at radius 3 is 2.76 bits per heavy atom. The van der Waals surface area contributed by atoms with E-state index in [9.17, 15) is 9.59 Å². The molecule has 1 aromatic heterocycles. The summed E-state index contributed by atoms with van der Waals surface area (Å²) in [7, 11) is 1.37. The normalized spacial score (nSPS) is 10.2. The lowest BCUT2D eigenvalue weighted by molar-refractivity contribution is -0.140. The van der Waals surface area contributed by atoms with E-state index in [2.05, 4.69) is 32.5 Å². The molecule has 0 unspecified atom stereocenters. The molecular weight excluding hydrogens is 292 g/mol. The summed E-state index contributed by atoms with van der Waals surface area (Å²) in [5.41, 5.74) is 0. The zero-order valence-electron chi connectivity index (χ0n) is 12.5. The number of anilines is 1. The number of hydrogen-bond donors (Lipinski definition) is 2. The fourth-order valence-electron chi connectivity index (χ4n) is 1.61. The van der Waals surface area contributed by atoms with Gasteiger partial charge in [-0.25, -0.2) is 4.79 Å². The van der Waals surface area contributed by atoms with E-state index in [-0.39, 0.29) is 12.0 Å². The molecule has 0 aliphatic rings. The number of methoxy groups -OCH3 is 1. The molecule has 0 aromatic carbocycles. The average Bonchev–Trinajstić information content (AvgIpc) is 2.90. The number of esters is 1. The molecule has 2 amide bonds. The van der Waals surface area contributed by atoms with Crippen LogP contribution in [-0.2, 0) is 16.0 Å². The molecule has 1 rings (SSSR count). The van der Waals surface area contributed by atoms with Gasteiger partial charge in [-0.15, -0.1) is 10.2 Å². The van der Waals surface area contributed by atoms with E-state index in [0.717, 1.165) is 24.3 Å². The number of aromatic nitrogens is 2. The predicted molar refractivity (Wildman–Crippen MR) is 81.4 cm³/mol. The van der Waals surface area contributed by atoms with E-state index >= 15 is 0 Å². The van der Waals surface area contributed by atoms with Crippen LogP contribution in [0.25, 0.3) is 0 Å². The summed E-state index contributed by atoms with van der Waals surface area (Å²) < 4.78 is 4.56. The van der Waals surface area contributed by atoms with Crippen molar-refractivity contribution >= 4 is 28.5 Å². The molecular formula is C13H22N4O3S. The van der Waals surface area contributed by atoms with Crippen molar-refractivity contribution in [1.82, 2.24) is 15.5 Å². The fraction of sp³-hybridized carbons (Fsp3) is 0.692. The van der Waals surface area contributed by atoms with Gasteiger partial charge in [0.1, 0.15) is 5.01 Å². The topological polar surface area (TPSA) is 93.2 Å². The third kappa shape index (κ3) is 7.60. The number of nitrogens with one attached hydrogen (secondary N) is 2. The summed E-state index contributed by atoms with van der Waals surface area (Å²) in [5.74, 6) is -0.232. The summed E-state index contributed by atoms with van der Waals surface area (Å²) in [6.07, 6.45) is 4.85. The molecule has 1 aromatic rings. The number of rotatable bonds is 9. The van der Waals surface area contributed by atoms with Gasteiger partial charge in [0, 0.05) is 19.4 Å². The van der Waals surface area contributed by atoms with Gasteiger partial charge in [-0.05, 0) is 12.8 Å². The van der Waals surface area contributed by atoms with Gasteiger partial charge < -0.3 is 10.1 Å². The van der Waals surface area contributed by atoms with Gasteiger partial charge in [0.05, 0.1) is 7.11 Å². The Bertz CT molecular complexity index is 450. The highest BCUT2D eigenvalue weighted by molar-refractivity contribution is 7.15.